The minimum Gasteiger partial charge on any atom is -0.447 e. The van der Waals surface area contributed by atoms with Gasteiger partial charge in [-0.3, -0.25) is 9.69 Å². The largest absolute Gasteiger partial charge is 0.447 e. The lowest BCUT2D eigenvalue weighted by Gasteiger charge is -2.26. The van der Waals surface area contributed by atoms with Crippen molar-refractivity contribution in [3.63, 3.8) is 0 Å². The minimum absolute atomic E-state index is 0.118. The van der Waals surface area contributed by atoms with Crippen molar-refractivity contribution in [2.24, 2.45) is 0 Å². The second-order valence-corrected chi connectivity index (χ2v) is 5.61. The number of ether oxygens (including phenoxy) is 1. The predicted molar refractivity (Wildman–Crippen MR) is 68.7 cm³/mol. The average molecular weight is 267 g/mol. The summed E-state index contributed by atoms with van der Waals surface area (Å²) in [4.78, 5) is 27.0. The Labute approximate surface area is 113 Å². The quantitative estimate of drug-likeness (QED) is 0.770. The third-order valence-corrected chi connectivity index (χ3v) is 4.08. The van der Waals surface area contributed by atoms with Gasteiger partial charge < -0.3 is 10.1 Å². The number of carbonyl (C=O) groups excluding carboxylic acids is 2. The van der Waals surface area contributed by atoms with Crippen molar-refractivity contribution in [1.82, 2.24) is 15.1 Å². The SMILES string of the molecule is O=C(CN(CC1CCCN1)C1CC1)N1CCOC1=O. The summed E-state index contributed by atoms with van der Waals surface area (Å²) >= 11 is 0. The van der Waals surface area contributed by atoms with Gasteiger partial charge in [-0.05, 0) is 32.2 Å². The molecule has 1 aliphatic carbocycles. The summed E-state index contributed by atoms with van der Waals surface area (Å²) in [5.41, 5.74) is 0. The predicted octanol–water partition coefficient (Wildman–Crippen LogP) is 0.182. The van der Waals surface area contributed by atoms with Gasteiger partial charge in [-0.1, -0.05) is 0 Å². The van der Waals surface area contributed by atoms with Crippen LogP contribution in [0.25, 0.3) is 0 Å². The van der Waals surface area contributed by atoms with Crippen LogP contribution in [0, 0.1) is 0 Å². The van der Waals surface area contributed by atoms with Crippen molar-refractivity contribution in [3.05, 3.63) is 0 Å². The number of amides is 2. The Hall–Kier alpha value is -1.14. The van der Waals surface area contributed by atoms with E-state index in [4.69, 9.17) is 4.74 Å². The lowest BCUT2D eigenvalue weighted by molar-refractivity contribution is -0.129. The van der Waals surface area contributed by atoms with Crippen molar-refractivity contribution in [1.29, 1.82) is 0 Å². The van der Waals surface area contributed by atoms with Crippen LogP contribution in [0.1, 0.15) is 25.7 Å². The van der Waals surface area contributed by atoms with Crippen molar-refractivity contribution in [3.8, 4) is 0 Å². The molecule has 0 aromatic carbocycles. The second kappa shape index (κ2) is 5.46. The summed E-state index contributed by atoms with van der Waals surface area (Å²) < 4.78 is 4.81. The Morgan fingerprint density at radius 1 is 1.42 bits per heavy atom. The van der Waals surface area contributed by atoms with E-state index < -0.39 is 6.09 Å². The smallest absolute Gasteiger partial charge is 0.416 e. The summed E-state index contributed by atoms with van der Waals surface area (Å²) in [6.07, 6.45) is 4.26. The number of hydrogen-bond acceptors (Lipinski definition) is 5. The topological polar surface area (TPSA) is 61.9 Å². The molecule has 2 heterocycles. The molecule has 2 amide bonds. The highest BCUT2D eigenvalue weighted by Crippen LogP contribution is 2.27. The molecule has 1 N–H and O–H groups in total. The molecule has 1 saturated carbocycles. The maximum atomic E-state index is 12.1. The van der Waals surface area contributed by atoms with Gasteiger partial charge in [0.05, 0.1) is 13.1 Å². The first-order chi connectivity index (χ1) is 9.24. The van der Waals surface area contributed by atoms with E-state index in [1.54, 1.807) is 0 Å². The van der Waals surface area contributed by atoms with Crippen LogP contribution < -0.4 is 5.32 Å². The fraction of sp³-hybridized carbons (Fsp3) is 0.846. The van der Waals surface area contributed by atoms with Crippen molar-refractivity contribution < 1.29 is 14.3 Å². The van der Waals surface area contributed by atoms with Crippen molar-refractivity contribution in [2.75, 3.05) is 32.8 Å². The van der Waals surface area contributed by atoms with Gasteiger partial charge in [-0.2, -0.15) is 0 Å². The molecule has 106 valence electrons. The molecule has 1 atom stereocenters. The van der Waals surface area contributed by atoms with Crippen LogP contribution in [0.15, 0.2) is 0 Å². The summed E-state index contributed by atoms with van der Waals surface area (Å²) in [7, 11) is 0. The first-order valence-corrected chi connectivity index (χ1v) is 7.18. The first kappa shape index (κ1) is 12.9. The van der Waals surface area contributed by atoms with Crippen LogP contribution >= 0.6 is 0 Å². The zero-order valence-electron chi connectivity index (χ0n) is 11.1. The Morgan fingerprint density at radius 2 is 2.26 bits per heavy atom. The molecule has 19 heavy (non-hydrogen) atoms. The van der Waals surface area contributed by atoms with Gasteiger partial charge in [0.15, 0.2) is 0 Å². The molecule has 0 radical (unpaired) electrons. The Bertz CT molecular complexity index is 364. The molecule has 6 nitrogen and oxygen atoms in total. The van der Waals surface area contributed by atoms with Gasteiger partial charge in [-0.25, -0.2) is 9.69 Å². The van der Waals surface area contributed by atoms with Crippen LogP contribution in [0.4, 0.5) is 4.79 Å². The van der Waals surface area contributed by atoms with E-state index in [1.165, 1.54) is 30.6 Å². The maximum absolute atomic E-state index is 12.1. The van der Waals surface area contributed by atoms with E-state index in [9.17, 15) is 9.59 Å². The Morgan fingerprint density at radius 3 is 2.84 bits per heavy atom. The molecule has 2 saturated heterocycles. The van der Waals surface area contributed by atoms with Crippen LogP contribution in [0.5, 0.6) is 0 Å². The van der Waals surface area contributed by atoms with Crippen LogP contribution in [-0.4, -0.2) is 66.7 Å². The molecule has 1 unspecified atom stereocenters. The molecule has 0 spiro atoms. The summed E-state index contributed by atoms with van der Waals surface area (Å²) in [5.74, 6) is -0.118. The van der Waals surface area contributed by atoms with Gasteiger partial charge in [0, 0.05) is 18.6 Å². The summed E-state index contributed by atoms with van der Waals surface area (Å²) in [6.45, 7) is 3.07. The number of nitrogens with one attached hydrogen (secondary N) is 1. The second-order valence-electron chi connectivity index (χ2n) is 5.61. The van der Waals surface area contributed by atoms with Crippen molar-refractivity contribution >= 4 is 12.0 Å². The number of rotatable bonds is 5. The molecule has 3 rings (SSSR count). The van der Waals surface area contributed by atoms with Gasteiger partial charge in [0.1, 0.15) is 6.61 Å². The molecule has 0 bridgehead atoms. The molecular formula is C13H21N3O3. The molecule has 3 aliphatic rings. The molecule has 0 aromatic heterocycles. The normalized spacial score (nSPS) is 27.1. The average Bonchev–Trinajstić information content (AvgIpc) is 2.94. The summed E-state index contributed by atoms with van der Waals surface area (Å²) in [5, 5.41) is 3.46. The lowest BCUT2D eigenvalue weighted by atomic mass is 10.2. The standard InChI is InChI=1S/C13H21N3O3/c17-12(16-6-7-19-13(16)18)9-15(11-3-4-11)8-10-2-1-5-14-10/h10-11,14H,1-9H2. The number of carbonyl (C=O) groups is 2. The number of hydrogen-bond donors (Lipinski definition) is 1. The van der Waals surface area contributed by atoms with E-state index in [1.807, 2.05) is 0 Å². The fourth-order valence-corrected chi connectivity index (χ4v) is 2.86. The van der Waals surface area contributed by atoms with E-state index in [0.29, 0.717) is 31.8 Å². The third-order valence-electron chi connectivity index (χ3n) is 4.08. The molecule has 3 fully saturated rings. The van der Waals surface area contributed by atoms with Crippen LogP contribution in [0.2, 0.25) is 0 Å². The first-order valence-electron chi connectivity index (χ1n) is 7.18. The van der Waals surface area contributed by atoms with E-state index >= 15 is 0 Å². The minimum atomic E-state index is -0.486. The number of cyclic esters (lactones) is 1. The van der Waals surface area contributed by atoms with Crippen LogP contribution in [-0.2, 0) is 9.53 Å². The fourth-order valence-electron chi connectivity index (χ4n) is 2.86. The number of imide groups is 1. The van der Waals surface area contributed by atoms with E-state index in [-0.39, 0.29) is 5.91 Å². The molecular weight excluding hydrogens is 246 g/mol. The zero-order chi connectivity index (χ0) is 13.2. The Balaban J connectivity index is 1.54. The summed E-state index contributed by atoms with van der Waals surface area (Å²) in [6, 6.07) is 1.03. The van der Waals surface area contributed by atoms with E-state index in [0.717, 1.165) is 13.1 Å². The molecule has 0 aromatic rings. The highest BCUT2D eigenvalue weighted by molar-refractivity contribution is 5.94. The highest BCUT2D eigenvalue weighted by Gasteiger charge is 2.35. The molecule has 6 heteroatoms. The van der Waals surface area contributed by atoms with Gasteiger partial charge in [0.25, 0.3) is 0 Å². The maximum Gasteiger partial charge on any atom is 0.416 e. The van der Waals surface area contributed by atoms with E-state index in [2.05, 4.69) is 10.2 Å². The lowest BCUT2D eigenvalue weighted by Crippen LogP contribution is -2.45. The third kappa shape index (κ3) is 3.06. The zero-order valence-corrected chi connectivity index (χ0v) is 11.1. The Kier molecular flexibility index (Phi) is 3.70. The van der Waals surface area contributed by atoms with Gasteiger partial charge >= 0.3 is 6.09 Å². The van der Waals surface area contributed by atoms with Crippen molar-refractivity contribution in [2.45, 2.75) is 37.8 Å². The molecule has 2 aliphatic heterocycles. The van der Waals surface area contributed by atoms with Gasteiger partial charge in [0.2, 0.25) is 5.91 Å². The van der Waals surface area contributed by atoms with Crippen LogP contribution in [0.3, 0.4) is 0 Å². The highest BCUT2D eigenvalue weighted by atomic mass is 16.6. The number of nitrogens with zero attached hydrogens (tertiary/aromatic N) is 2. The monoisotopic (exact) mass is 267 g/mol. The van der Waals surface area contributed by atoms with Gasteiger partial charge in [-0.15, -0.1) is 0 Å².